The molecule has 0 unspecified atom stereocenters. The summed E-state index contributed by atoms with van der Waals surface area (Å²) in [7, 11) is 0. The molecular weight excluding hydrogens is 362 g/mol. The van der Waals surface area contributed by atoms with E-state index in [-0.39, 0.29) is 11.7 Å². The maximum atomic E-state index is 14.1. The molecule has 0 aliphatic heterocycles. The highest BCUT2D eigenvalue weighted by Gasteiger charge is 2.19. The average Bonchev–Trinajstić information content (AvgIpc) is 3.02. The van der Waals surface area contributed by atoms with Gasteiger partial charge in [-0.15, -0.1) is 0 Å². The molecule has 0 saturated heterocycles. The van der Waals surface area contributed by atoms with Crippen LogP contribution in [0.1, 0.15) is 52.0 Å². The van der Waals surface area contributed by atoms with Gasteiger partial charge in [-0.3, -0.25) is 4.57 Å². The van der Waals surface area contributed by atoms with Crippen LogP contribution in [0.5, 0.6) is 0 Å². The van der Waals surface area contributed by atoms with Gasteiger partial charge in [-0.1, -0.05) is 19.3 Å². The Morgan fingerprint density at radius 3 is 2.61 bits per heavy atom. The first-order valence-electron chi connectivity index (χ1n) is 9.75. The van der Waals surface area contributed by atoms with Gasteiger partial charge in [0.2, 0.25) is 11.9 Å². The van der Waals surface area contributed by atoms with E-state index in [1.165, 1.54) is 31.4 Å². The number of aromatic nitrogens is 4. The van der Waals surface area contributed by atoms with E-state index >= 15 is 0 Å². The lowest BCUT2D eigenvalue weighted by Crippen LogP contribution is -2.23. The molecule has 2 N–H and O–H groups in total. The summed E-state index contributed by atoms with van der Waals surface area (Å²) < 4.78 is 29.2. The molecule has 6 nitrogen and oxygen atoms in total. The molecular formula is C20H24F2N6. The highest BCUT2D eigenvalue weighted by molar-refractivity contribution is 5.76. The van der Waals surface area contributed by atoms with E-state index in [0.717, 1.165) is 18.9 Å². The third-order valence-electron chi connectivity index (χ3n) is 5.07. The number of fused-ring (bicyclic) bond motifs is 1. The van der Waals surface area contributed by atoms with Gasteiger partial charge in [0, 0.05) is 18.2 Å². The molecule has 0 atom stereocenters. The van der Waals surface area contributed by atoms with Gasteiger partial charge >= 0.3 is 0 Å². The fourth-order valence-electron chi connectivity index (χ4n) is 3.68. The topological polar surface area (TPSA) is 67.7 Å². The quantitative estimate of drug-likeness (QED) is 0.633. The first-order chi connectivity index (χ1) is 13.5. The molecule has 0 amide bonds. The highest BCUT2D eigenvalue weighted by atomic mass is 19.1. The van der Waals surface area contributed by atoms with E-state index in [4.69, 9.17) is 0 Å². The maximum absolute atomic E-state index is 14.1. The highest BCUT2D eigenvalue weighted by Crippen LogP contribution is 2.28. The van der Waals surface area contributed by atoms with Crippen molar-refractivity contribution in [1.29, 1.82) is 0 Å². The Hall–Kier alpha value is -2.77. The number of halogens is 2. The number of nitrogens with zero attached hydrogens (tertiary/aromatic N) is 4. The SMILES string of the molecule is CC(C)n1c(Nc2ccc(F)cc2F)nc2cnc(NC3CCCCC3)nc21. The number of hydrogen-bond acceptors (Lipinski definition) is 5. The van der Waals surface area contributed by atoms with E-state index in [2.05, 4.69) is 25.6 Å². The van der Waals surface area contributed by atoms with Crippen LogP contribution in [0.4, 0.5) is 26.4 Å². The molecule has 1 aromatic carbocycles. The van der Waals surface area contributed by atoms with Crippen LogP contribution in [0.15, 0.2) is 24.4 Å². The molecule has 8 heteroatoms. The smallest absolute Gasteiger partial charge is 0.224 e. The second-order valence-electron chi connectivity index (χ2n) is 7.53. The number of anilines is 3. The molecule has 1 saturated carbocycles. The molecule has 1 aliphatic rings. The van der Waals surface area contributed by atoms with Gasteiger partial charge in [0.25, 0.3) is 0 Å². The Morgan fingerprint density at radius 1 is 1.11 bits per heavy atom. The summed E-state index contributed by atoms with van der Waals surface area (Å²) in [5.41, 5.74) is 1.45. The van der Waals surface area contributed by atoms with Crippen LogP contribution in [-0.2, 0) is 0 Å². The number of rotatable bonds is 5. The number of hydrogen-bond donors (Lipinski definition) is 2. The zero-order valence-electron chi connectivity index (χ0n) is 16.0. The van der Waals surface area contributed by atoms with Crippen molar-refractivity contribution in [3.63, 3.8) is 0 Å². The Kier molecular flexibility index (Phi) is 5.11. The number of benzene rings is 1. The lowest BCUT2D eigenvalue weighted by molar-refractivity contribution is 0.461. The molecule has 3 aromatic rings. The van der Waals surface area contributed by atoms with Crippen LogP contribution < -0.4 is 10.6 Å². The summed E-state index contributed by atoms with van der Waals surface area (Å²) in [6.45, 7) is 4.01. The van der Waals surface area contributed by atoms with E-state index in [1.807, 2.05) is 18.4 Å². The molecule has 1 fully saturated rings. The zero-order valence-corrected chi connectivity index (χ0v) is 16.0. The standard InChI is InChI=1S/C20H24F2N6/c1-12(2)28-18-17(11-23-19(27-18)24-14-6-4-3-5-7-14)26-20(28)25-16-9-8-13(21)10-15(16)22/h8-12,14H,3-7H2,1-2H3,(H,25,26)(H,23,24,27). The summed E-state index contributed by atoms with van der Waals surface area (Å²) in [6, 6.07) is 3.84. The van der Waals surface area contributed by atoms with Gasteiger partial charge in [0.05, 0.1) is 11.9 Å². The van der Waals surface area contributed by atoms with Crippen molar-refractivity contribution >= 4 is 28.7 Å². The van der Waals surface area contributed by atoms with Crippen LogP contribution in [-0.4, -0.2) is 25.6 Å². The molecule has 2 aromatic heterocycles. The Labute approximate surface area is 162 Å². The molecule has 0 radical (unpaired) electrons. The molecule has 1 aliphatic carbocycles. The molecule has 0 spiro atoms. The van der Waals surface area contributed by atoms with Gasteiger partial charge in [0.15, 0.2) is 5.65 Å². The van der Waals surface area contributed by atoms with E-state index in [1.54, 1.807) is 6.20 Å². The van der Waals surface area contributed by atoms with E-state index < -0.39 is 11.6 Å². The third-order valence-corrected chi connectivity index (χ3v) is 5.07. The lowest BCUT2D eigenvalue weighted by Gasteiger charge is -2.22. The van der Waals surface area contributed by atoms with Crippen LogP contribution in [0.3, 0.4) is 0 Å². The predicted octanol–water partition coefficient (Wildman–Crippen LogP) is 5.17. The third kappa shape index (κ3) is 3.76. The second kappa shape index (κ2) is 7.69. The van der Waals surface area contributed by atoms with E-state index in [0.29, 0.717) is 29.1 Å². The fourth-order valence-corrected chi connectivity index (χ4v) is 3.68. The Bertz CT molecular complexity index is 978. The Balaban J connectivity index is 1.67. The van der Waals surface area contributed by atoms with Crippen LogP contribution >= 0.6 is 0 Å². The van der Waals surface area contributed by atoms with Crippen LogP contribution in [0, 0.1) is 11.6 Å². The van der Waals surface area contributed by atoms with E-state index in [9.17, 15) is 8.78 Å². The molecule has 148 valence electrons. The summed E-state index contributed by atoms with van der Waals surface area (Å²) in [5.74, 6) is -0.266. The molecule has 28 heavy (non-hydrogen) atoms. The summed E-state index contributed by atoms with van der Waals surface area (Å²) in [5, 5.41) is 6.39. The average molecular weight is 386 g/mol. The second-order valence-corrected chi connectivity index (χ2v) is 7.53. The van der Waals surface area contributed by atoms with Crippen molar-refractivity contribution in [2.75, 3.05) is 10.6 Å². The van der Waals surface area contributed by atoms with Crippen molar-refractivity contribution in [1.82, 2.24) is 19.5 Å². The predicted molar refractivity (Wildman–Crippen MR) is 106 cm³/mol. The van der Waals surface area contributed by atoms with Crippen LogP contribution in [0.25, 0.3) is 11.2 Å². The van der Waals surface area contributed by atoms with Crippen molar-refractivity contribution in [2.24, 2.45) is 0 Å². The van der Waals surface area contributed by atoms with Crippen LogP contribution in [0.2, 0.25) is 0 Å². The van der Waals surface area contributed by atoms with Gasteiger partial charge in [0.1, 0.15) is 17.2 Å². The molecule has 0 bridgehead atoms. The monoisotopic (exact) mass is 386 g/mol. The number of imidazole rings is 1. The lowest BCUT2D eigenvalue weighted by atomic mass is 9.96. The Morgan fingerprint density at radius 2 is 1.89 bits per heavy atom. The summed E-state index contributed by atoms with van der Waals surface area (Å²) in [4.78, 5) is 13.6. The normalized spacial score (nSPS) is 15.3. The van der Waals surface area contributed by atoms with Gasteiger partial charge in [-0.2, -0.15) is 4.98 Å². The summed E-state index contributed by atoms with van der Waals surface area (Å²) in [6.07, 6.45) is 7.66. The van der Waals surface area contributed by atoms with Crippen molar-refractivity contribution < 1.29 is 8.78 Å². The number of nitrogens with one attached hydrogen (secondary N) is 2. The van der Waals surface area contributed by atoms with Crippen molar-refractivity contribution in [3.8, 4) is 0 Å². The fraction of sp³-hybridized carbons (Fsp3) is 0.450. The maximum Gasteiger partial charge on any atom is 0.224 e. The molecule has 2 heterocycles. The van der Waals surface area contributed by atoms with Gasteiger partial charge < -0.3 is 10.6 Å². The van der Waals surface area contributed by atoms with Gasteiger partial charge in [-0.25, -0.2) is 18.7 Å². The minimum atomic E-state index is -0.673. The minimum absolute atomic E-state index is 0.0356. The zero-order chi connectivity index (χ0) is 19.7. The van der Waals surface area contributed by atoms with Crippen molar-refractivity contribution in [3.05, 3.63) is 36.0 Å². The first kappa shape index (κ1) is 18.6. The minimum Gasteiger partial charge on any atom is -0.351 e. The van der Waals surface area contributed by atoms with Crippen molar-refractivity contribution in [2.45, 2.75) is 58.0 Å². The largest absolute Gasteiger partial charge is 0.351 e. The molecule has 4 rings (SSSR count). The van der Waals surface area contributed by atoms with Gasteiger partial charge in [-0.05, 0) is 38.8 Å². The first-order valence-corrected chi connectivity index (χ1v) is 9.75. The summed E-state index contributed by atoms with van der Waals surface area (Å²) >= 11 is 0.